The normalized spacial score (nSPS) is 10.5. The number of hydrogen-bond acceptors (Lipinski definition) is 3. The lowest BCUT2D eigenvalue weighted by atomic mass is 10.1. The van der Waals surface area contributed by atoms with E-state index in [2.05, 4.69) is 5.32 Å². The summed E-state index contributed by atoms with van der Waals surface area (Å²) in [6.45, 7) is 7.95. The molecule has 0 saturated carbocycles. The molecule has 1 amide bonds. The SMILES string of the molecule is COc1cc(C(=O)Nc2ccc(C)c(C)c2)ccc1OC(C)C. The Morgan fingerprint density at radius 2 is 1.74 bits per heavy atom. The molecule has 0 bridgehead atoms. The molecule has 0 saturated heterocycles. The molecule has 23 heavy (non-hydrogen) atoms. The minimum atomic E-state index is -0.178. The van der Waals surface area contributed by atoms with Crippen LogP contribution in [0.2, 0.25) is 0 Å². The lowest BCUT2D eigenvalue weighted by Gasteiger charge is -2.14. The van der Waals surface area contributed by atoms with Crippen LogP contribution in [-0.2, 0) is 0 Å². The zero-order valence-electron chi connectivity index (χ0n) is 14.3. The molecule has 1 N–H and O–H groups in total. The van der Waals surface area contributed by atoms with Crippen molar-refractivity contribution in [1.29, 1.82) is 0 Å². The molecule has 0 aliphatic carbocycles. The van der Waals surface area contributed by atoms with Crippen molar-refractivity contribution in [3.63, 3.8) is 0 Å². The van der Waals surface area contributed by atoms with Gasteiger partial charge < -0.3 is 14.8 Å². The highest BCUT2D eigenvalue weighted by Gasteiger charge is 2.12. The van der Waals surface area contributed by atoms with Gasteiger partial charge in [-0.1, -0.05) is 6.07 Å². The second kappa shape index (κ2) is 7.18. The summed E-state index contributed by atoms with van der Waals surface area (Å²) >= 11 is 0. The van der Waals surface area contributed by atoms with Crippen LogP contribution in [0.15, 0.2) is 36.4 Å². The van der Waals surface area contributed by atoms with Gasteiger partial charge in [-0.2, -0.15) is 0 Å². The Balaban J connectivity index is 2.20. The van der Waals surface area contributed by atoms with Gasteiger partial charge in [0.1, 0.15) is 0 Å². The Hall–Kier alpha value is -2.49. The molecule has 4 heteroatoms. The van der Waals surface area contributed by atoms with Crippen LogP contribution in [0.4, 0.5) is 5.69 Å². The van der Waals surface area contributed by atoms with Crippen LogP contribution in [0.1, 0.15) is 35.3 Å². The van der Waals surface area contributed by atoms with Gasteiger partial charge in [-0.25, -0.2) is 0 Å². The maximum absolute atomic E-state index is 12.4. The van der Waals surface area contributed by atoms with Gasteiger partial charge in [0.15, 0.2) is 11.5 Å². The van der Waals surface area contributed by atoms with Gasteiger partial charge in [-0.3, -0.25) is 4.79 Å². The van der Waals surface area contributed by atoms with E-state index >= 15 is 0 Å². The highest BCUT2D eigenvalue weighted by atomic mass is 16.5. The number of carbonyl (C=O) groups excluding carboxylic acids is 1. The van der Waals surface area contributed by atoms with E-state index < -0.39 is 0 Å². The van der Waals surface area contributed by atoms with Crippen molar-refractivity contribution in [2.75, 3.05) is 12.4 Å². The van der Waals surface area contributed by atoms with E-state index in [4.69, 9.17) is 9.47 Å². The fourth-order valence-electron chi connectivity index (χ4n) is 2.18. The zero-order chi connectivity index (χ0) is 17.0. The molecule has 0 aliphatic rings. The molecule has 2 aromatic carbocycles. The Bertz CT molecular complexity index is 708. The number of aryl methyl sites for hydroxylation is 2. The van der Waals surface area contributed by atoms with Gasteiger partial charge in [0.05, 0.1) is 13.2 Å². The third kappa shape index (κ3) is 4.25. The van der Waals surface area contributed by atoms with Crippen LogP contribution in [0.5, 0.6) is 11.5 Å². The molecule has 0 unspecified atom stereocenters. The van der Waals surface area contributed by atoms with Crippen LogP contribution >= 0.6 is 0 Å². The molecular formula is C19H23NO3. The third-order valence-corrected chi connectivity index (χ3v) is 3.55. The van der Waals surface area contributed by atoms with Gasteiger partial charge >= 0.3 is 0 Å². The van der Waals surface area contributed by atoms with Crippen molar-refractivity contribution >= 4 is 11.6 Å². The molecule has 2 aromatic rings. The number of carbonyl (C=O) groups is 1. The minimum absolute atomic E-state index is 0.0408. The molecule has 0 fully saturated rings. The van der Waals surface area contributed by atoms with E-state index in [1.807, 2.05) is 45.9 Å². The van der Waals surface area contributed by atoms with E-state index in [-0.39, 0.29) is 12.0 Å². The Morgan fingerprint density at radius 3 is 2.35 bits per heavy atom. The first-order chi connectivity index (χ1) is 10.9. The second-order valence-corrected chi connectivity index (χ2v) is 5.79. The van der Waals surface area contributed by atoms with E-state index in [0.29, 0.717) is 17.1 Å². The Morgan fingerprint density at radius 1 is 1.00 bits per heavy atom. The first kappa shape index (κ1) is 16.9. The molecule has 122 valence electrons. The molecule has 2 rings (SSSR count). The smallest absolute Gasteiger partial charge is 0.255 e. The number of amides is 1. The highest BCUT2D eigenvalue weighted by molar-refractivity contribution is 6.04. The number of ether oxygens (including phenoxy) is 2. The number of hydrogen-bond donors (Lipinski definition) is 1. The number of anilines is 1. The quantitative estimate of drug-likeness (QED) is 0.892. The summed E-state index contributed by atoms with van der Waals surface area (Å²) in [5.74, 6) is 0.999. The molecule has 0 aromatic heterocycles. The monoisotopic (exact) mass is 313 g/mol. The number of rotatable bonds is 5. The highest BCUT2D eigenvalue weighted by Crippen LogP contribution is 2.29. The predicted octanol–water partition coefficient (Wildman–Crippen LogP) is 4.35. The average Bonchev–Trinajstić information content (AvgIpc) is 2.50. The van der Waals surface area contributed by atoms with Crippen molar-refractivity contribution in [3.05, 3.63) is 53.1 Å². The summed E-state index contributed by atoms with van der Waals surface area (Å²) in [6.07, 6.45) is 0.0408. The standard InChI is InChI=1S/C19H23NO3/c1-12(2)23-17-9-7-15(11-18(17)22-5)19(21)20-16-8-6-13(3)14(4)10-16/h6-12H,1-5H3,(H,20,21). The van der Waals surface area contributed by atoms with E-state index in [0.717, 1.165) is 11.3 Å². The van der Waals surface area contributed by atoms with E-state index in [1.165, 1.54) is 5.56 Å². The summed E-state index contributed by atoms with van der Waals surface area (Å²) in [4.78, 5) is 12.4. The molecule has 0 heterocycles. The van der Waals surface area contributed by atoms with Gasteiger partial charge in [0.25, 0.3) is 5.91 Å². The first-order valence-corrected chi connectivity index (χ1v) is 7.64. The summed E-state index contributed by atoms with van der Waals surface area (Å²) in [7, 11) is 1.56. The van der Waals surface area contributed by atoms with Crippen LogP contribution in [0, 0.1) is 13.8 Å². The van der Waals surface area contributed by atoms with Crippen molar-refractivity contribution in [2.45, 2.75) is 33.8 Å². The molecule has 0 aliphatic heterocycles. The van der Waals surface area contributed by atoms with Crippen LogP contribution in [0.3, 0.4) is 0 Å². The second-order valence-electron chi connectivity index (χ2n) is 5.79. The van der Waals surface area contributed by atoms with Gasteiger partial charge in [-0.05, 0) is 69.2 Å². The summed E-state index contributed by atoms with van der Waals surface area (Å²) < 4.78 is 11.0. The van der Waals surface area contributed by atoms with Gasteiger partial charge in [0.2, 0.25) is 0 Å². The fourth-order valence-corrected chi connectivity index (χ4v) is 2.18. The minimum Gasteiger partial charge on any atom is -0.493 e. The van der Waals surface area contributed by atoms with Crippen LogP contribution < -0.4 is 14.8 Å². The first-order valence-electron chi connectivity index (χ1n) is 7.64. The third-order valence-electron chi connectivity index (χ3n) is 3.55. The van der Waals surface area contributed by atoms with Crippen LogP contribution in [0.25, 0.3) is 0 Å². The molecule has 0 radical (unpaired) electrons. The van der Waals surface area contributed by atoms with E-state index in [1.54, 1.807) is 25.3 Å². The molecule has 4 nitrogen and oxygen atoms in total. The van der Waals surface area contributed by atoms with Gasteiger partial charge in [-0.15, -0.1) is 0 Å². The number of nitrogens with one attached hydrogen (secondary N) is 1. The largest absolute Gasteiger partial charge is 0.493 e. The lowest BCUT2D eigenvalue weighted by molar-refractivity contribution is 0.102. The van der Waals surface area contributed by atoms with Gasteiger partial charge in [0, 0.05) is 11.3 Å². The van der Waals surface area contributed by atoms with E-state index in [9.17, 15) is 4.79 Å². The fraction of sp³-hybridized carbons (Fsp3) is 0.316. The number of benzene rings is 2. The molecule has 0 spiro atoms. The Labute approximate surface area is 137 Å². The summed E-state index contributed by atoms with van der Waals surface area (Å²) in [5.41, 5.74) is 3.64. The summed E-state index contributed by atoms with van der Waals surface area (Å²) in [6, 6.07) is 11.0. The average molecular weight is 313 g/mol. The zero-order valence-corrected chi connectivity index (χ0v) is 14.3. The molecule has 0 atom stereocenters. The topological polar surface area (TPSA) is 47.6 Å². The predicted molar refractivity (Wildman–Crippen MR) is 92.6 cm³/mol. The maximum atomic E-state index is 12.4. The molecular weight excluding hydrogens is 290 g/mol. The summed E-state index contributed by atoms with van der Waals surface area (Å²) in [5, 5.41) is 2.90. The van der Waals surface area contributed by atoms with Crippen molar-refractivity contribution in [2.24, 2.45) is 0 Å². The van der Waals surface area contributed by atoms with Crippen molar-refractivity contribution < 1.29 is 14.3 Å². The number of methoxy groups -OCH3 is 1. The van der Waals surface area contributed by atoms with Crippen LogP contribution in [-0.4, -0.2) is 19.1 Å². The Kier molecular flexibility index (Phi) is 5.27. The lowest BCUT2D eigenvalue weighted by Crippen LogP contribution is -2.13. The van der Waals surface area contributed by atoms with Crippen molar-refractivity contribution in [3.8, 4) is 11.5 Å². The maximum Gasteiger partial charge on any atom is 0.255 e. The van der Waals surface area contributed by atoms with Crippen molar-refractivity contribution in [1.82, 2.24) is 0 Å².